The molecule has 0 aliphatic rings. The molecule has 1 rings (SSSR count). The lowest BCUT2D eigenvalue weighted by atomic mass is 10.1. The molecule has 82 valence electrons. The van der Waals surface area contributed by atoms with Gasteiger partial charge in [0.1, 0.15) is 0 Å². The smallest absolute Gasteiger partial charge is 0.335 e. The molecule has 3 N–H and O–H groups in total. The number of rotatable bonds is 5. The van der Waals surface area contributed by atoms with Crippen molar-refractivity contribution in [2.75, 3.05) is 18.5 Å². The predicted molar refractivity (Wildman–Crippen MR) is 58.3 cm³/mol. The lowest BCUT2D eigenvalue weighted by Gasteiger charge is -2.07. The molecule has 4 nitrogen and oxygen atoms in total. The molecule has 0 bridgehead atoms. The Labute approximate surface area is 88.6 Å². The second-order valence-electron chi connectivity index (χ2n) is 3.34. The van der Waals surface area contributed by atoms with Crippen LogP contribution >= 0.6 is 0 Å². The molecule has 0 atom stereocenters. The molecule has 0 spiro atoms. The van der Waals surface area contributed by atoms with E-state index in [4.69, 9.17) is 10.2 Å². The zero-order chi connectivity index (χ0) is 11.3. The Morgan fingerprint density at radius 2 is 2.20 bits per heavy atom. The maximum atomic E-state index is 10.7. The average Bonchev–Trinajstić information content (AvgIpc) is 2.17. The highest BCUT2D eigenvalue weighted by atomic mass is 16.4. The minimum absolute atomic E-state index is 0.152. The molecule has 0 heterocycles. The van der Waals surface area contributed by atoms with E-state index in [0.29, 0.717) is 18.5 Å². The van der Waals surface area contributed by atoms with E-state index in [-0.39, 0.29) is 6.61 Å². The number of aliphatic hydroxyl groups is 1. The van der Waals surface area contributed by atoms with Crippen molar-refractivity contribution in [1.82, 2.24) is 0 Å². The van der Waals surface area contributed by atoms with Crippen LogP contribution in [0.25, 0.3) is 0 Å². The number of aliphatic hydroxyl groups excluding tert-OH is 1. The molecular formula is C11H15NO3. The second-order valence-corrected chi connectivity index (χ2v) is 3.34. The largest absolute Gasteiger partial charge is 0.478 e. The number of anilines is 1. The number of hydrogen-bond acceptors (Lipinski definition) is 3. The third kappa shape index (κ3) is 3.25. The monoisotopic (exact) mass is 209 g/mol. The Hall–Kier alpha value is -1.55. The van der Waals surface area contributed by atoms with Crippen molar-refractivity contribution in [2.45, 2.75) is 13.3 Å². The van der Waals surface area contributed by atoms with Crippen molar-refractivity contribution >= 4 is 11.7 Å². The summed E-state index contributed by atoms with van der Waals surface area (Å²) in [6.45, 7) is 2.60. The van der Waals surface area contributed by atoms with Gasteiger partial charge in [0, 0.05) is 18.8 Å². The Morgan fingerprint density at radius 1 is 1.47 bits per heavy atom. The van der Waals surface area contributed by atoms with Gasteiger partial charge in [0.2, 0.25) is 0 Å². The van der Waals surface area contributed by atoms with Crippen LogP contribution in [0.2, 0.25) is 0 Å². The van der Waals surface area contributed by atoms with E-state index >= 15 is 0 Å². The standard InChI is InChI=1S/C11H15NO3/c1-8-7-9(12-5-2-6-13)3-4-10(8)11(14)15/h3-4,7,12-13H,2,5-6H2,1H3,(H,14,15). The first-order valence-electron chi connectivity index (χ1n) is 4.84. The van der Waals surface area contributed by atoms with Crippen molar-refractivity contribution < 1.29 is 15.0 Å². The quantitative estimate of drug-likeness (QED) is 0.642. The molecular weight excluding hydrogens is 194 g/mol. The fourth-order valence-corrected chi connectivity index (χ4v) is 1.33. The van der Waals surface area contributed by atoms with Gasteiger partial charge in [-0.15, -0.1) is 0 Å². The van der Waals surface area contributed by atoms with Crippen molar-refractivity contribution in [3.05, 3.63) is 29.3 Å². The predicted octanol–water partition coefficient (Wildman–Crippen LogP) is 1.49. The van der Waals surface area contributed by atoms with E-state index in [1.165, 1.54) is 0 Å². The highest BCUT2D eigenvalue weighted by molar-refractivity contribution is 5.89. The van der Waals surface area contributed by atoms with Crippen molar-refractivity contribution in [3.8, 4) is 0 Å². The SMILES string of the molecule is Cc1cc(NCCCO)ccc1C(=O)O. The maximum Gasteiger partial charge on any atom is 0.335 e. The molecule has 0 aliphatic carbocycles. The van der Waals surface area contributed by atoms with Crippen LogP contribution in [0, 0.1) is 6.92 Å². The normalized spacial score (nSPS) is 10.0. The first-order valence-corrected chi connectivity index (χ1v) is 4.84. The summed E-state index contributed by atoms with van der Waals surface area (Å²) in [7, 11) is 0. The molecule has 0 saturated carbocycles. The van der Waals surface area contributed by atoms with Crippen molar-refractivity contribution in [2.24, 2.45) is 0 Å². The van der Waals surface area contributed by atoms with Gasteiger partial charge in [0.15, 0.2) is 0 Å². The van der Waals surface area contributed by atoms with Crippen LogP contribution in [0.5, 0.6) is 0 Å². The van der Waals surface area contributed by atoms with E-state index in [1.807, 2.05) is 0 Å². The Balaban J connectivity index is 2.69. The number of hydrogen-bond donors (Lipinski definition) is 3. The summed E-state index contributed by atoms with van der Waals surface area (Å²) in [5.74, 6) is -0.908. The summed E-state index contributed by atoms with van der Waals surface area (Å²) in [5, 5.41) is 20.5. The van der Waals surface area contributed by atoms with Gasteiger partial charge in [-0.25, -0.2) is 4.79 Å². The Bertz CT molecular complexity index is 350. The first-order chi connectivity index (χ1) is 7.15. The van der Waals surface area contributed by atoms with Crippen LogP contribution in [-0.2, 0) is 0 Å². The third-order valence-corrected chi connectivity index (χ3v) is 2.12. The number of benzene rings is 1. The summed E-state index contributed by atoms with van der Waals surface area (Å²) in [5.41, 5.74) is 1.94. The molecule has 0 aromatic heterocycles. The van der Waals surface area contributed by atoms with Gasteiger partial charge >= 0.3 is 5.97 Å². The van der Waals surface area contributed by atoms with Crippen LogP contribution in [0.4, 0.5) is 5.69 Å². The lowest BCUT2D eigenvalue weighted by Crippen LogP contribution is -2.05. The Kier molecular flexibility index (Phi) is 4.12. The number of aromatic carboxylic acids is 1. The highest BCUT2D eigenvalue weighted by Gasteiger charge is 2.06. The summed E-state index contributed by atoms with van der Waals surface area (Å²) in [4.78, 5) is 10.7. The summed E-state index contributed by atoms with van der Waals surface area (Å²) >= 11 is 0. The van der Waals surface area contributed by atoms with Crippen LogP contribution in [0.1, 0.15) is 22.3 Å². The fraction of sp³-hybridized carbons (Fsp3) is 0.364. The number of aryl methyl sites for hydroxylation is 1. The average molecular weight is 209 g/mol. The number of nitrogens with one attached hydrogen (secondary N) is 1. The zero-order valence-corrected chi connectivity index (χ0v) is 8.66. The van der Waals surface area contributed by atoms with Gasteiger partial charge in [-0.3, -0.25) is 0 Å². The van der Waals surface area contributed by atoms with Gasteiger partial charge in [-0.05, 0) is 37.1 Å². The number of carbonyl (C=O) groups is 1. The summed E-state index contributed by atoms with van der Waals surface area (Å²) in [6, 6.07) is 5.10. The van der Waals surface area contributed by atoms with Gasteiger partial charge < -0.3 is 15.5 Å². The van der Waals surface area contributed by atoms with E-state index in [2.05, 4.69) is 5.32 Å². The summed E-state index contributed by atoms with van der Waals surface area (Å²) < 4.78 is 0. The summed E-state index contributed by atoms with van der Waals surface area (Å²) in [6.07, 6.45) is 0.680. The molecule has 0 saturated heterocycles. The lowest BCUT2D eigenvalue weighted by molar-refractivity contribution is 0.0696. The van der Waals surface area contributed by atoms with E-state index < -0.39 is 5.97 Å². The molecule has 1 aromatic rings. The van der Waals surface area contributed by atoms with Crippen LogP contribution in [-0.4, -0.2) is 29.3 Å². The molecule has 0 unspecified atom stereocenters. The van der Waals surface area contributed by atoms with Gasteiger partial charge in [0.05, 0.1) is 5.56 Å². The number of carboxylic acids is 1. The fourth-order valence-electron chi connectivity index (χ4n) is 1.33. The zero-order valence-electron chi connectivity index (χ0n) is 8.66. The molecule has 0 aliphatic heterocycles. The molecule has 0 radical (unpaired) electrons. The minimum Gasteiger partial charge on any atom is -0.478 e. The number of carboxylic acid groups (broad SMARTS) is 1. The second kappa shape index (κ2) is 5.36. The molecule has 0 amide bonds. The molecule has 15 heavy (non-hydrogen) atoms. The van der Waals surface area contributed by atoms with Gasteiger partial charge in [0.25, 0.3) is 0 Å². The van der Waals surface area contributed by atoms with Gasteiger partial charge in [-0.1, -0.05) is 0 Å². The van der Waals surface area contributed by atoms with Crippen molar-refractivity contribution in [1.29, 1.82) is 0 Å². The molecule has 0 fully saturated rings. The Morgan fingerprint density at radius 3 is 2.73 bits per heavy atom. The molecule has 4 heteroatoms. The van der Waals surface area contributed by atoms with E-state index in [9.17, 15) is 4.79 Å². The highest BCUT2D eigenvalue weighted by Crippen LogP contribution is 2.14. The van der Waals surface area contributed by atoms with Crippen LogP contribution in [0.3, 0.4) is 0 Å². The van der Waals surface area contributed by atoms with Gasteiger partial charge in [-0.2, -0.15) is 0 Å². The third-order valence-electron chi connectivity index (χ3n) is 2.12. The molecule has 1 aromatic carbocycles. The van der Waals surface area contributed by atoms with E-state index in [1.54, 1.807) is 25.1 Å². The van der Waals surface area contributed by atoms with Crippen LogP contribution in [0.15, 0.2) is 18.2 Å². The van der Waals surface area contributed by atoms with Crippen molar-refractivity contribution in [3.63, 3.8) is 0 Å². The topological polar surface area (TPSA) is 69.6 Å². The first kappa shape index (κ1) is 11.5. The minimum atomic E-state index is -0.908. The van der Waals surface area contributed by atoms with Crippen LogP contribution < -0.4 is 5.32 Å². The van der Waals surface area contributed by atoms with E-state index in [0.717, 1.165) is 11.3 Å². The maximum absolute atomic E-state index is 10.7.